The molecule has 2 N–H and O–H groups in total. The maximum atomic E-state index is 14.5. The van der Waals surface area contributed by atoms with Gasteiger partial charge in [-0.05, 0) is 55.8 Å². The van der Waals surface area contributed by atoms with E-state index in [0.717, 1.165) is 17.0 Å². The van der Waals surface area contributed by atoms with E-state index in [1.807, 2.05) is 32.0 Å². The zero-order chi connectivity index (χ0) is 19.7. The minimum absolute atomic E-state index is 0.200. The molecule has 0 aliphatic carbocycles. The maximum absolute atomic E-state index is 14.5. The van der Waals surface area contributed by atoms with Crippen LogP contribution in [0.1, 0.15) is 17.0 Å². The lowest BCUT2D eigenvalue weighted by Gasteiger charge is -2.10. The molecule has 144 valence electrons. The molecule has 0 saturated heterocycles. The van der Waals surface area contributed by atoms with Crippen molar-refractivity contribution in [2.45, 2.75) is 20.4 Å². The molecular weight excluding hydrogens is 363 g/mol. The number of hydrogen-bond acceptors (Lipinski definition) is 4. The van der Waals surface area contributed by atoms with Crippen LogP contribution in [-0.2, 0) is 6.54 Å². The predicted octanol–water partition coefficient (Wildman–Crippen LogP) is 3.68. The van der Waals surface area contributed by atoms with Crippen molar-refractivity contribution >= 4 is 11.7 Å². The number of nitrogens with zero attached hydrogens (tertiary/aromatic N) is 2. The summed E-state index contributed by atoms with van der Waals surface area (Å²) in [6.45, 7) is 4.21. The molecular formula is C20H19FN4O3. The van der Waals surface area contributed by atoms with E-state index in [9.17, 15) is 9.18 Å². The summed E-state index contributed by atoms with van der Waals surface area (Å²) >= 11 is 0. The van der Waals surface area contributed by atoms with Crippen LogP contribution in [0.4, 0.5) is 14.9 Å². The molecule has 0 spiro atoms. The van der Waals surface area contributed by atoms with Crippen LogP contribution in [0.3, 0.4) is 0 Å². The van der Waals surface area contributed by atoms with Crippen LogP contribution >= 0.6 is 0 Å². The Bertz CT molecular complexity index is 1050. The molecule has 1 aliphatic heterocycles. The first kappa shape index (κ1) is 17.8. The van der Waals surface area contributed by atoms with Gasteiger partial charge in [0, 0.05) is 17.9 Å². The second kappa shape index (κ2) is 7.22. The number of benzene rings is 2. The number of halogens is 1. The highest BCUT2D eigenvalue weighted by Crippen LogP contribution is 2.32. The summed E-state index contributed by atoms with van der Waals surface area (Å²) in [5.74, 6) is 0.868. The minimum Gasteiger partial charge on any atom is -0.454 e. The Hall–Kier alpha value is -3.55. The van der Waals surface area contributed by atoms with Crippen molar-refractivity contribution in [3.05, 3.63) is 65.2 Å². The van der Waals surface area contributed by atoms with E-state index < -0.39 is 11.8 Å². The van der Waals surface area contributed by atoms with Gasteiger partial charge in [-0.15, -0.1) is 0 Å². The third-order valence-corrected chi connectivity index (χ3v) is 4.33. The fraction of sp³-hybridized carbons (Fsp3) is 0.200. The van der Waals surface area contributed by atoms with Crippen molar-refractivity contribution in [3.63, 3.8) is 0 Å². The van der Waals surface area contributed by atoms with Gasteiger partial charge in [0.05, 0.1) is 5.69 Å². The van der Waals surface area contributed by atoms with E-state index in [2.05, 4.69) is 15.7 Å². The summed E-state index contributed by atoms with van der Waals surface area (Å²) in [6, 6.07) is 11.4. The topological polar surface area (TPSA) is 77.4 Å². The number of fused-ring (bicyclic) bond motifs is 1. The van der Waals surface area contributed by atoms with Gasteiger partial charge in [-0.1, -0.05) is 6.07 Å². The third-order valence-electron chi connectivity index (χ3n) is 4.33. The average molecular weight is 382 g/mol. The van der Waals surface area contributed by atoms with E-state index in [0.29, 0.717) is 29.4 Å². The summed E-state index contributed by atoms with van der Waals surface area (Å²) in [7, 11) is 0. The first-order valence-corrected chi connectivity index (χ1v) is 8.76. The zero-order valence-corrected chi connectivity index (χ0v) is 15.5. The number of nitrogens with one attached hydrogen (secondary N) is 2. The summed E-state index contributed by atoms with van der Waals surface area (Å²) in [6.07, 6.45) is 0. The molecule has 2 amide bonds. The van der Waals surface area contributed by atoms with E-state index in [1.165, 1.54) is 10.7 Å². The summed E-state index contributed by atoms with van der Waals surface area (Å²) in [5.41, 5.74) is 3.19. The molecule has 0 radical (unpaired) electrons. The van der Waals surface area contributed by atoms with Crippen molar-refractivity contribution in [2.24, 2.45) is 0 Å². The molecule has 1 aromatic heterocycles. The Morgan fingerprint density at radius 3 is 2.71 bits per heavy atom. The van der Waals surface area contributed by atoms with E-state index in [1.54, 1.807) is 18.2 Å². The number of ether oxygens (including phenoxy) is 2. The van der Waals surface area contributed by atoms with Gasteiger partial charge in [0.1, 0.15) is 5.69 Å². The van der Waals surface area contributed by atoms with Gasteiger partial charge < -0.3 is 20.1 Å². The smallest absolute Gasteiger partial charge is 0.319 e. The second-order valence-electron chi connectivity index (χ2n) is 6.50. The predicted molar refractivity (Wildman–Crippen MR) is 101 cm³/mol. The number of carbonyl (C=O) groups excluding carboxylic acids is 1. The fourth-order valence-electron chi connectivity index (χ4n) is 3.04. The Morgan fingerprint density at radius 2 is 1.96 bits per heavy atom. The van der Waals surface area contributed by atoms with Crippen molar-refractivity contribution in [1.29, 1.82) is 0 Å². The molecule has 2 aromatic carbocycles. The largest absolute Gasteiger partial charge is 0.454 e. The third kappa shape index (κ3) is 3.62. The Morgan fingerprint density at radius 1 is 1.14 bits per heavy atom. The van der Waals surface area contributed by atoms with Crippen LogP contribution in [0.2, 0.25) is 0 Å². The van der Waals surface area contributed by atoms with Crippen LogP contribution in [-0.4, -0.2) is 22.6 Å². The number of rotatable bonds is 4. The number of aryl methyl sites for hydroxylation is 2. The lowest BCUT2D eigenvalue weighted by molar-refractivity contribution is 0.174. The van der Waals surface area contributed by atoms with Crippen molar-refractivity contribution < 1.29 is 18.7 Å². The average Bonchev–Trinajstić information content (AvgIpc) is 3.25. The number of aromatic nitrogens is 2. The summed E-state index contributed by atoms with van der Waals surface area (Å²) in [5, 5.41) is 9.64. The number of hydrogen-bond donors (Lipinski definition) is 2. The molecule has 2 heterocycles. The maximum Gasteiger partial charge on any atom is 0.319 e. The quantitative estimate of drug-likeness (QED) is 0.722. The number of amides is 2. The van der Waals surface area contributed by atoms with Gasteiger partial charge in [0.15, 0.2) is 17.3 Å². The first-order valence-electron chi connectivity index (χ1n) is 8.76. The lowest BCUT2D eigenvalue weighted by Crippen LogP contribution is -2.28. The molecule has 0 atom stereocenters. The van der Waals surface area contributed by atoms with E-state index in [4.69, 9.17) is 9.47 Å². The van der Waals surface area contributed by atoms with E-state index >= 15 is 0 Å². The summed E-state index contributed by atoms with van der Waals surface area (Å²) in [4.78, 5) is 12.1. The molecule has 3 aromatic rings. The van der Waals surface area contributed by atoms with E-state index in [-0.39, 0.29) is 6.79 Å². The number of anilines is 1. The molecule has 7 nitrogen and oxygen atoms in total. The van der Waals surface area contributed by atoms with Crippen LogP contribution in [0.25, 0.3) is 5.69 Å². The van der Waals surface area contributed by atoms with Crippen LogP contribution < -0.4 is 20.1 Å². The monoisotopic (exact) mass is 382 g/mol. The molecule has 4 rings (SSSR count). The minimum atomic E-state index is -0.472. The van der Waals surface area contributed by atoms with Gasteiger partial charge in [-0.2, -0.15) is 5.10 Å². The molecule has 8 heteroatoms. The van der Waals surface area contributed by atoms with Crippen LogP contribution in [0.5, 0.6) is 11.5 Å². The Kier molecular flexibility index (Phi) is 4.60. The standard InChI is InChI=1S/C20H19FN4O3/c1-12-7-13(2)25(24-12)17-5-4-15(9-16(17)21)23-20(26)22-10-14-3-6-18-19(8-14)28-11-27-18/h3-9H,10-11H2,1-2H3,(H2,22,23,26). The molecule has 0 saturated carbocycles. The zero-order valence-electron chi connectivity index (χ0n) is 15.5. The normalized spacial score (nSPS) is 12.1. The van der Waals surface area contributed by atoms with Gasteiger partial charge in [-0.3, -0.25) is 0 Å². The molecule has 1 aliphatic rings. The summed E-state index contributed by atoms with van der Waals surface area (Å²) < 4.78 is 26.6. The second-order valence-corrected chi connectivity index (χ2v) is 6.50. The Labute approximate surface area is 161 Å². The fourth-order valence-corrected chi connectivity index (χ4v) is 3.04. The van der Waals surface area contributed by atoms with Gasteiger partial charge in [0.25, 0.3) is 0 Å². The molecule has 28 heavy (non-hydrogen) atoms. The SMILES string of the molecule is Cc1cc(C)n(-c2ccc(NC(=O)NCc3ccc4c(c3)OCO4)cc2F)n1. The molecule has 0 bridgehead atoms. The first-order chi connectivity index (χ1) is 13.5. The number of urea groups is 1. The van der Waals surface area contributed by atoms with Crippen molar-refractivity contribution in [1.82, 2.24) is 15.1 Å². The highest BCUT2D eigenvalue weighted by molar-refractivity contribution is 5.89. The highest BCUT2D eigenvalue weighted by atomic mass is 19.1. The van der Waals surface area contributed by atoms with Crippen LogP contribution in [0, 0.1) is 19.7 Å². The van der Waals surface area contributed by atoms with Crippen molar-refractivity contribution in [3.8, 4) is 17.2 Å². The highest BCUT2D eigenvalue weighted by Gasteiger charge is 2.14. The van der Waals surface area contributed by atoms with Crippen molar-refractivity contribution in [2.75, 3.05) is 12.1 Å². The number of carbonyl (C=O) groups is 1. The molecule has 0 fully saturated rings. The van der Waals surface area contributed by atoms with Gasteiger partial charge in [-0.25, -0.2) is 13.9 Å². The lowest BCUT2D eigenvalue weighted by atomic mass is 10.2. The van der Waals surface area contributed by atoms with Gasteiger partial charge >= 0.3 is 6.03 Å². The molecule has 0 unspecified atom stereocenters. The van der Waals surface area contributed by atoms with Crippen LogP contribution in [0.15, 0.2) is 42.5 Å². The van der Waals surface area contributed by atoms with Gasteiger partial charge in [0.2, 0.25) is 6.79 Å². The Balaban J connectivity index is 1.39.